The number of nitrogens with two attached hydrogens (primary N) is 1. The molecule has 0 radical (unpaired) electrons. The first-order chi connectivity index (χ1) is 9.11. The molecule has 19 heavy (non-hydrogen) atoms. The summed E-state index contributed by atoms with van der Waals surface area (Å²) in [6, 6.07) is 5.06. The number of benzene rings is 1. The molecular weight excluding hydrogens is 283 g/mol. The zero-order chi connectivity index (χ0) is 13.8. The van der Waals surface area contributed by atoms with E-state index in [2.05, 4.69) is 5.32 Å². The van der Waals surface area contributed by atoms with E-state index >= 15 is 0 Å². The van der Waals surface area contributed by atoms with Gasteiger partial charge in [0.15, 0.2) is 0 Å². The van der Waals surface area contributed by atoms with Crippen molar-refractivity contribution in [1.29, 1.82) is 0 Å². The molecule has 1 saturated carbocycles. The Kier molecular flexibility index (Phi) is 5.08. The summed E-state index contributed by atoms with van der Waals surface area (Å²) in [6.07, 6.45) is 4.39. The molecule has 1 aromatic rings. The number of hydrogen-bond donors (Lipinski definition) is 2. The van der Waals surface area contributed by atoms with Crippen LogP contribution in [0.1, 0.15) is 36.0 Å². The molecule has 0 heterocycles. The molecule has 0 aliphatic heterocycles. The van der Waals surface area contributed by atoms with Crippen molar-refractivity contribution in [2.75, 3.05) is 6.54 Å². The first-order valence-corrected chi connectivity index (χ1v) is 7.33. The minimum absolute atomic E-state index is 0.146. The van der Waals surface area contributed by atoms with E-state index in [1.165, 1.54) is 6.42 Å². The average molecular weight is 301 g/mol. The fourth-order valence-electron chi connectivity index (χ4n) is 2.60. The van der Waals surface area contributed by atoms with E-state index in [-0.39, 0.29) is 11.9 Å². The molecule has 0 spiro atoms. The van der Waals surface area contributed by atoms with Crippen molar-refractivity contribution < 1.29 is 4.79 Å². The Morgan fingerprint density at radius 1 is 1.32 bits per heavy atom. The van der Waals surface area contributed by atoms with Gasteiger partial charge in [-0.2, -0.15) is 0 Å². The van der Waals surface area contributed by atoms with E-state index in [4.69, 9.17) is 28.9 Å². The molecule has 2 rings (SSSR count). The molecule has 5 heteroatoms. The first-order valence-electron chi connectivity index (χ1n) is 6.58. The second-order valence-electron chi connectivity index (χ2n) is 4.98. The highest BCUT2D eigenvalue weighted by atomic mass is 35.5. The lowest BCUT2D eigenvalue weighted by Gasteiger charge is -2.31. The van der Waals surface area contributed by atoms with E-state index in [9.17, 15) is 4.79 Å². The lowest BCUT2D eigenvalue weighted by Crippen LogP contribution is -2.44. The Labute approximate surface area is 123 Å². The average Bonchev–Trinajstić information content (AvgIpc) is 2.39. The molecule has 1 amide bonds. The number of rotatable bonds is 3. The number of halogens is 2. The summed E-state index contributed by atoms with van der Waals surface area (Å²) in [5.41, 5.74) is 6.23. The fourth-order valence-corrected chi connectivity index (χ4v) is 3.09. The Bertz CT molecular complexity index is 465. The van der Waals surface area contributed by atoms with Crippen LogP contribution in [0, 0.1) is 5.92 Å². The highest BCUT2D eigenvalue weighted by Gasteiger charge is 2.26. The SMILES string of the molecule is NCC1CCCCC1NC(=O)c1ccc(Cl)cc1Cl. The van der Waals surface area contributed by atoms with Gasteiger partial charge in [0.25, 0.3) is 5.91 Å². The fraction of sp³-hybridized carbons (Fsp3) is 0.500. The van der Waals surface area contributed by atoms with Crippen LogP contribution in [0.2, 0.25) is 10.0 Å². The third-order valence-electron chi connectivity index (χ3n) is 3.70. The smallest absolute Gasteiger partial charge is 0.253 e. The first kappa shape index (κ1) is 14.6. The highest BCUT2D eigenvalue weighted by Crippen LogP contribution is 2.25. The van der Waals surface area contributed by atoms with Crippen LogP contribution in [0.15, 0.2) is 18.2 Å². The lowest BCUT2D eigenvalue weighted by atomic mass is 9.84. The maximum absolute atomic E-state index is 12.2. The number of carbonyl (C=O) groups is 1. The summed E-state index contributed by atoms with van der Waals surface area (Å²) in [5, 5.41) is 3.96. The van der Waals surface area contributed by atoms with Gasteiger partial charge in [0.2, 0.25) is 0 Å². The van der Waals surface area contributed by atoms with Crippen molar-refractivity contribution in [3.8, 4) is 0 Å². The van der Waals surface area contributed by atoms with Crippen LogP contribution in [0.25, 0.3) is 0 Å². The van der Waals surface area contributed by atoms with Gasteiger partial charge in [0.1, 0.15) is 0 Å². The summed E-state index contributed by atoms with van der Waals surface area (Å²) >= 11 is 11.9. The number of amides is 1. The largest absolute Gasteiger partial charge is 0.349 e. The third kappa shape index (κ3) is 3.62. The molecule has 1 aliphatic rings. The summed E-state index contributed by atoms with van der Waals surface area (Å²) in [7, 11) is 0. The lowest BCUT2D eigenvalue weighted by molar-refractivity contribution is 0.0908. The van der Waals surface area contributed by atoms with Crippen LogP contribution in [0.3, 0.4) is 0 Å². The Morgan fingerprint density at radius 2 is 2.05 bits per heavy atom. The molecule has 1 aromatic carbocycles. The van der Waals surface area contributed by atoms with E-state index in [1.807, 2.05) is 0 Å². The molecule has 3 nitrogen and oxygen atoms in total. The second kappa shape index (κ2) is 6.60. The molecule has 1 fully saturated rings. The van der Waals surface area contributed by atoms with Crippen LogP contribution in [-0.4, -0.2) is 18.5 Å². The Hall–Kier alpha value is -0.770. The van der Waals surface area contributed by atoms with E-state index < -0.39 is 0 Å². The van der Waals surface area contributed by atoms with Gasteiger partial charge in [-0.1, -0.05) is 36.0 Å². The molecular formula is C14H18Cl2N2O. The number of carbonyl (C=O) groups excluding carboxylic acids is 1. The predicted octanol–water partition coefficient (Wildman–Crippen LogP) is 3.24. The summed E-state index contributed by atoms with van der Waals surface area (Å²) < 4.78 is 0. The molecule has 0 aromatic heterocycles. The molecule has 104 valence electrons. The quantitative estimate of drug-likeness (QED) is 0.900. The van der Waals surface area contributed by atoms with E-state index in [0.717, 1.165) is 19.3 Å². The summed E-state index contributed by atoms with van der Waals surface area (Å²) in [4.78, 5) is 12.2. The third-order valence-corrected chi connectivity index (χ3v) is 4.25. The van der Waals surface area contributed by atoms with Crippen molar-refractivity contribution in [2.24, 2.45) is 11.7 Å². The standard InChI is InChI=1S/C14H18Cl2N2O/c15-10-5-6-11(12(16)7-10)14(19)18-13-4-2-1-3-9(13)8-17/h5-7,9,13H,1-4,8,17H2,(H,18,19). The zero-order valence-corrected chi connectivity index (χ0v) is 12.2. The van der Waals surface area contributed by atoms with Crippen LogP contribution < -0.4 is 11.1 Å². The van der Waals surface area contributed by atoms with Crippen LogP contribution in [-0.2, 0) is 0 Å². The molecule has 2 unspecified atom stereocenters. The van der Waals surface area contributed by atoms with Gasteiger partial charge in [-0.25, -0.2) is 0 Å². The monoisotopic (exact) mass is 300 g/mol. The van der Waals surface area contributed by atoms with Gasteiger partial charge in [-0.3, -0.25) is 4.79 Å². The molecule has 3 N–H and O–H groups in total. The molecule has 2 atom stereocenters. The van der Waals surface area contributed by atoms with Crippen molar-refractivity contribution in [3.63, 3.8) is 0 Å². The predicted molar refractivity (Wildman–Crippen MR) is 78.7 cm³/mol. The maximum Gasteiger partial charge on any atom is 0.253 e. The maximum atomic E-state index is 12.2. The van der Waals surface area contributed by atoms with Gasteiger partial charge >= 0.3 is 0 Å². The van der Waals surface area contributed by atoms with Gasteiger partial charge in [-0.15, -0.1) is 0 Å². The Morgan fingerprint density at radius 3 is 2.74 bits per heavy atom. The topological polar surface area (TPSA) is 55.1 Å². The van der Waals surface area contributed by atoms with E-state index in [1.54, 1.807) is 18.2 Å². The molecule has 0 saturated heterocycles. The van der Waals surface area contributed by atoms with E-state index in [0.29, 0.717) is 28.1 Å². The Balaban J connectivity index is 2.07. The van der Waals surface area contributed by atoms with Gasteiger partial charge < -0.3 is 11.1 Å². The normalized spacial score (nSPS) is 23.1. The van der Waals surface area contributed by atoms with Crippen LogP contribution in [0.4, 0.5) is 0 Å². The number of nitrogens with one attached hydrogen (secondary N) is 1. The van der Waals surface area contributed by atoms with Crippen molar-refractivity contribution >= 4 is 29.1 Å². The van der Waals surface area contributed by atoms with Crippen LogP contribution >= 0.6 is 23.2 Å². The zero-order valence-electron chi connectivity index (χ0n) is 10.7. The highest BCUT2D eigenvalue weighted by molar-refractivity contribution is 6.36. The molecule has 1 aliphatic carbocycles. The minimum atomic E-state index is -0.146. The summed E-state index contributed by atoms with van der Waals surface area (Å²) in [6.45, 7) is 0.610. The van der Waals surface area contributed by atoms with Gasteiger partial charge in [0.05, 0.1) is 10.6 Å². The number of hydrogen-bond acceptors (Lipinski definition) is 2. The van der Waals surface area contributed by atoms with Gasteiger partial charge in [0, 0.05) is 11.1 Å². The summed E-state index contributed by atoms with van der Waals surface area (Å²) in [5.74, 6) is 0.218. The molecule has 0 bridgehead atoms. The van der Waals surface area contributed by atoms with Crippen molar-refractivity contribution in [3.05, 3.63) is 33.8 Å². The van der Waals surface area contributed by atoms with Gasteiger partial charge in [-0.05, 0) is 43.5 Å². The minimum Gasteiger partial charge on any atom is -0.349 e. The van der Waals surface area contributed by atoms with Crippen molar-refractivity contribution in [2.45, 2.75) is 31.7 Å². The van der Waals surface area contributed by atoms with Crippen LogP contribution in [0.5, 0.6) is 0 Å². The van der Waals surface area contributed by atoms with Crippen molar-refractivity contribution in [1.82, 2.24) is 5.32 Å². The second-order valence-corrected chi connectivity index (χ2v) is 5.83.